The second kappa shape index (κ2) is 3.95. The number of ether oxygens (including phenoxy) is 1. The topological polar surface area (TPSA) is 48.4 Å². The van der Waals surface area contributed by atoms with Crippen LogP contribution in [0.3, 0.4) is 0 Å². The van der Waals surface area contributed by atoms with Crippen LogP contribution >= 0.6 is 0 Å². The quantitative estimate of drug-likeness (QED) is 0.784. The van der Waals surface area contributed by atoms with Gasteiger partial charge in [-0.1, -0.05) is 0 Å². The van der Waals surface area contributed by atoms with E-state index in [1.165, 1.54) is 0 Å². The number of fused-ring (bicyclic) bond motifs is 1. The van der Waals surface area contributed by atoms with E-state index in [4.69, 9.17) is 14.9 Å². The average Bonchev–Trinajstić information content (AvgIpc) is 2.57. The van der Waals surface area contributed by atoms with Gasteiger partial charge in [0.1, 0.15) is 5.58 Å². The summed E-state index contributed by atoms with van der Waals surface area (Å²) in [5.41, 5.74) is 8.27. The largest absolute Gasteiger partial charge is 0.464 e. The van der Waals surface area contributed by atoms with Crippen molar-refractivity contribution in [3.63, 3.8) is 0 Å². The molecule has 1 aromatic heterocycles. The second-order valence-corrected chi connectivity index (χ2v) is 3.88. The molecule has 3 nitrogen and oxygen atoms in total. The summed E-state index contributed by atoms with van der Waals surface area (Å²) in [6, 6.07) is 5.66. The Balaban J connectivity index is 2.29. The highest BCUT2D eigenvalue weighted by atomic mass is 16.5. The molecule has 0 aliphatic carbocycles. The summed E-state index contributed by atoms with van der Waals surface area (Å²) in [6.45, 7) is 4.61. The zero-order valence-electron chi connectivity index (χ0n) is 8.99. The third-order valence-electron chi connectivity index (χ3n) is 2.25. The molecule has 3 heteroatoms. The number of rotatable bonds is 3. The van der Waals surface area contributed by atoms with Gasteiger partial charge >= 0.3 is 0 Å². The number of benzene rings is 1. The summed E-state index contributed by atoms with van der Waals surface area (Å²) in [7, 11) is 0. The minimum Gasteiger partial charge on any atom is -0.464 e. The zero-order valence-corrected chi connectivity index (χ0v) is 8.99. The van der Waals surface area contributed by atoms with Crippen molar-refractivity contribution >= 4 is 16.7 Å². The number of nitrogens with two attached hydrogens (primary N) is 1. The van der Waals surface area contributed by atoms with Gasteiger partial charge in [-0.3, -0.25) is 0 Å². The molecular formula is C12H15NO2. The minimum absolute atomic E-state index is 0.226. The molecule has 0 aliphatic heterocycles. The van der Waals surface area contributed by atoms with Gasteiger partial charge in [-0.2, -0.15) is 0 Å². The van der Waals surface area contributed by atoms with Crippen molar-refractivity contribution < 1.29 is 9.15 Å². The first kappa shape index (κ1) is 10.1. The molecule has 0 radical (unpaired) electrons. The number of hydrogen-bond acceptors (Lipinski definition) is 3. The molecule has 0 fully saturated rings. The van der Waals surface area contributed by atoms with E-state index in [2.05, 4.69) is 0 Å². The molecule has 0 saturated heterocycles. The van der Waals surface area contributed by atoms with Crippen LogP contribution in [0.2, 0.25) is 0 Å². The average molecular weight is 205 g/mol. The van der Waals surface area contributed by atoms with E-state index in [1.54, 1.807) is 6.26 Å². The van der Waals surface area contributed by atoms with Gasteiger partial charge in [0.05, 0.1) is 19.0 Å². The highest BCUT2D eigenvalue weighted by Crippen LogP contribution is 2.24. The molecule has 0 unspecified atom stereocenters. The predicted molar refractivity (Wildman–Crippen MR) is 60.6 cm³/mol. The van der Waals surface area contributed by atoms with Gasteiger partial charge in [-0.15, -0.1) is 0 Å². The molecule has 2 rings (SSSR count). The van der Waals surface area contributed by atoms with Crippen molar-refractivity contribution in [3.05, 3.63) is 30.0 Å². The Morgan fingerprint density at radius 2 is 2.20 bits per heavy atom. The highest BCUT2D eigenvalue weighted by Gasteiger charge is 2.06. The molecular weight excluding hydrogens is 190 g/mol. The van der Waals surface area contributed by atoms with Crippen molar-refractivity contribution in [2.45, 2.75) is 26.6 Å². The maximum Gasteiger partial charge on any atom is 0.136 e. The molecule has 15 heavy (non-hydrogen) atoms. The van der Waals surface area contributed by atoms with Gasteiger partial charge < -0.3 is 14.9 Å². The first-order valence-electron chi connectivity index (χ1n) is 5.04. The van der Waals surface area contributed by atoms with Crippen LogP contribution in [0.1, 0.15) is 19.4 Å². The Hall–Kier alpha value is -1.48. The second-order valence-electron chi connectivity index (χ2n) is 3.88. The molecule has 1 heterocycles. The van der Waals surface area contributed by atoms with Crippen LogP contribution in [0.5, 0.6) is 0 Å². The molecule has 0 bridgehead atoms. The number of nitrogen functional groups attached to an aromatic ring is 1. The van der Waals surface area contributed by atoms with Crippen LogP contribution in [0.15, 0.2) is 28.9 Å². The first-order valence-corrected chi connectivity index (χ1v) is 5.04. The van der Waals surface area contributed by atoms with Crippen LogP contribution in [0.25, 0.3) is 11.0 Å². The standard InChI is InChI=1S/C12H15NO2/c1-8(2)14-6-9-7-15-12-5-10(13)3-4-11(9)12/h3-5,7-8H,6,13H2,1-2H3. The lowest BCUT2D eigenvalue weighted by atomic mass is 10.2. The minimum atomic E-state index is 0.226. The van der Waals surface area contributed by atoms with E-state index in [9.17, 15) is 0 Å². The number of hydrogen-bond donors (Lipinski definition) is 1. The Kier molecular flexibility index (Phi) is 2.64. The molecule has 2 N–H and O–H groups in total. The summed E-state index contributed by atoms with van der Waals surface area (Å²) in [6.07, 6.45) is 1.95. The van der Waals surface area contributed by atoms with Crippen LogP contribution in [-0.2, 0) is 11.3 Å². The van der Waals surface area contributed by atoms with E-state index >= 15 is 0 Å². The predicted octanol–water partition coefficient (Wildman–Crippen LogP) is 2.94. The molecule has 0 aliphatic rings. The monoisotopic (exact) mass is 205 g/mol. The summed E-state index contributed by atoms with van der Waals surface area (Å²) in [5, 5.41) is 1.07. The van der Waals surface area contributed by atoms with Gasteiger partial charge in [0.15, 0.2) is 0 Å². The van der Waals surface area contributed by atoms with E-state index in [0.29, 0.717) is 12.3 Å². The maximum absolute atomic E-state index is 5.66. The summed E-state index contributed by atoms with van der Waals surface area (Å²) >= 11 is 0. The number of furan rings is 1. The summed E-state index contributed by atoms with van der Waals surface area (Å²) < 4.78 is 10.9. The molecule has 0 atom stereocenters. The van der Waals surface area contributed by atoms with Crippen molar-refractivity contribution in [1.82, 2.24) is 0 Å². The summed E-state index contributed by atoms with van der Waals surface area (Å²) in [5.74, 6) is 0. The fourth-order valence-corrected chi connectivity index (χ4v) is 1.47. The Labute approximate surface area is 88.8 Å². The number of anilines is 1. The Morgan fingerprint density at radius 3 is 2.93 bits per heavy atom. The van der Waals surface area contributed by atoms with Crippen LogP contribution in [0.4, 0.5) is 5.69 Å². The first-order chi connectivity index (χ1) is 7.16. The van der Waals surface area contributed by atoms with Crippen LogP contribution < -0.4 is 5.73 Å². The molecule has 1 aromatic carbocycles. The van der Waals surface area contributed by atoms with Crippen LogP contribution in [-0.4, -0.2) is 6.10 Å². The third kappa shape index (κ3) is 2.13. The Bertz CT molecular complexity index is 460. The van der Waals surface area contributed by atoms with E-state index in [-0.39, 0.29) is 6.10 Å². The van der Waals surface area contributed by atoms with Crippen molar-refractivity contribution in [2.75, 3.05) is 5.73 Å². The summed E-state index contributed by atoms with van der Waals surface area (Å²) in [4.78, 5) is 0. The van der Waals surface area contributed by atoms with Gasteiger partial charge in [0.2, 0.25) is 0 Å². The van der Waals surface area contributed by atoms with Crippen LogP contribution in [0, 0.1) is 0 Å². The Morgan fingerprint density at radius 1 is 1.40 bits per heavy atom. The van der Waals surface area contributed by atoms with Gasteiger partial charge in [0, 0.05) is 22.7 Å². The lowest BCUT2D eigenvalue weighted by Crippen LogP contribution is -2.01. The van der Waals surface area contributed by atoms with Gasteiger partial charge in [-0.05, 0) is 26.0 Å². The lowest BCUT2D eigenvalue weighted by Gasteiger charge is -2.05. The molecule has 0 saturated carbocycles. The molecule has 0 amide bonds. The van der Waals surface area contributed by atoms with Crippen molar-refractivity contribution in [2.24, 2.45) is 0 Å². The third-order valence-corrected chi connectivity index (χ3v) is 2.25. The fourth-order valence-electron chi connectivity index (χ4n) is 1.47. The lowest BCUT2D eigenvalue weighted by molar-refractivity contribution is 0.0660. The smallest absolute Gasteiger partial charge is 0.136 e. The maximum atomic E-state index is 5.66. The molecule has 2 aromatic rings. The zero-order chi connectivity index (χ0) is 10.8. The SMILES string of the molecule is CC(C)OCc1coc2cc(N)ccc12. The van der Waals surface area contributed by atoms with E-state index in [1.807, 2.05) is 32.0 Å². The highest BCUT2D eigenvalue weighted by molar-refractivity contribution is 5.83. The van der Waals surface area contributed by atoms with E-state index < -0.39 is 0 Å². The van der Waals surface area contributed by atoms with E-state index in [0.717, 1.165) is 16.5 Å². The fraction of sp³-hybridized carbons (Fsp3) is 0.333. The molecule has 0 spiro atoms. The van der Waals surface area contributed by atoms with Gasteiger partial charge in [-0.25, -0.2) is 0 Å². The van der Waals surface area contributed by atoms with Crippen molar-refractivity contribution in [1.29, 1.82) is 0 Å². The van der Waals surface area contributed by atoms with Gasteiger partial charge in [0.25, 0.3) is 0 Å². The van der Waals surface area contributed by atoms with Crippen molar-refractivity contribution in [3.8, 4) is 0 Å². The molecule has 80 valence electrons. The normalized spacial score (nSPS) is 11.4.